The molecule has 0 saturated carbocycles. The average Bonchev–Trinajstić information content (AvgIpc) is 2.99. The van der Waals surface area contributed by atoms with Gasteiger partial charge in [0.25, 0.3) is 5.56 Å². The van der Waals surface area contributed by atoms with Gasteiger partial charge in [-0.25, -0.2) is 9.97 Å². The summed E-state index contributed by atoms with van der Waals surface area (Å²) in [6.45, 7) is 2.27. The minimum absolute atomic E-state index is 0.0154. The number of carbonyl (C=O) groups is 1. The first-order valence-corrected chi connectivity index (χ1v) is 8.47. The number of carbonyl (C=O) groups excluding carboxylic acids is 1. The number of benzene rings is 1. The lowest BCUT2D eigenvalue weighted by atomic mass is 10.1. The molecule has 0 radical (unpaired) electrons. The molecule has 2 aromatic heterocycles. The van der Waals surface area contributed by atoms with Crippen molar-refractivity contribution in [3.63, 3.8) is 0 Å². The van der Waals surface area contributed by atoms with E-state index in [1.807, 2.05) is 18.2 Å². The van der Waals surface area contributed by atoms with Crippen LogP contribution in [0.2, 0.25) is 0 Å². The summed E-state index contributed by atoms with van der Waals surface area (Å²) in [5, 5.41) is 0.732. The largest absolute Gasteiger partial charge is 0.295 e. The van der Waals surface area contributed by atoms with Crippen LogP contribution in [0.4, 0.5) is 0 Å². The number of thiazole rings is 1. The normalized spacial score (nSPS) is 14.0. The third-order valence-corrected chi connectivity index (χ3v) is 5.15. The van der Waals surface area contributed by atoms with Crippen LogP contribution in [-0.2, 0) is 13.0 Å². The van der Waals surface area contributed by atoms with Crippen molar-refractivity contribution in [2.75, 3.05) is 0 Å². The first-order chi connectivity index (χ1) is 11.1. The molecule has 6 heteroatoms. The first kappa shape index (κ1) is 14.3. The van der Waals surface area contributed by atoms with Gasteiger partial charge in [0.2, 0.25) is 0 Å². The zero-order valence-corrected chi connectivity index (χ0v) is 13.5. The Labute approximate surface area is 136 Å². The Bertz CT molecular complexity index is 987. The summed E-state index contributed by atoms with van der Waals surface area (Å²) in [6, 6.07) is 7.34. The predicted molar refractivity (Wildman–Crippen MR) is 90.1 cm³/mol. The molecule has 0 amide bonds. The molecule has 3 aromatic rings. The van der Waals surface area contributed by atoms with Gasteiger partial charge < -0.3 is 0 Å². The molecule has 5 nitrogen and oxygen atoms in total. The Kier molecular flexibility index (Phi) is 3.34. The molecule has 116 valence electrons. The zero-order chi connectivity index (χ0) is 16.0. The van der Waals surface area contributed by atoms with Gasteiger partial charge in [-0.05, 0) is 25.8 Å². The molecule has 0 aliphatic carbocycles. The molecule has 1 aliphatic heterocycles. The molecule has 0 unspecified atom stereocenters. The fraction of sp³-hybridized carbons (Fsp3) is 0.294. The van der Waals surface area contributed by atoms with Gasteiger partial charge in [0.1, 0.15) is 10.8 Å². The van der Waals surface area contributed by atoms with Crippen LogP contribution in [0.5, 0.6) is 0 Å². The van der Waals surface area contributed by atoms with Crippen LogP contribution in [0.1, 0.15) is 35.9 Å². The number of rotatable bonds is 2. The second-order valence-corrected chi connectivity index (χ2v) is 6.73. The lowest BCUT2D eigenvalue weighted by molar-refractivity contribution is 0.101. The van der Waals surface area contributed by atoms with Gasteiger partial charge in [-0.1, -0.05) is 29.5 Å². The Morgan fingerprint density at radius 1 is 1.26 bits per heavy atom. The van der Waals surface area contributed by atoms with E-state index in [2.05, 4.69) is 9.97 Å². The van der Waals surface area contributed by atoms with Crippen molar-refractivity contribution >= 4 is 27.5 Å². The topological polar surface area (TPSA) is 64.8 Å². The summed E-state index contributed by atoms with van der Waals surface area (Å²) in [6.07, 6.45) is 2.93. The van der Waals surface area contributed by atoms with Crippen LogP contribution < -0.4 is 5.56 Å². The van der Waals surface area contributed by atoms with Gasteiger partial charge in [0, 0.05) is 24.1 Å². The van der Waals surface area contributed by atoms with Crippen LogP contribution in [-0.4, -0.2) is 20.3 Å². The number of hydrogen-bond donors (Lipinski definition) is 0. The van der Waals surface area contributed by atoms with Crippen LogP contribution in [0, 0.1) is 0 Å². The summed E-state index contributed by atoms with van der Waals surface area (Å²) in [5.74, 6) is 0.878. The van der Waals surface area contributed by atoms with Crippen LogP contribution in [0.15, 0.2) is 29.1 Å². The molecule has 0 atom stereocenters. The number of ketones is 1. The molecular formula is C17H15N3O2S. The maximum atomic E-state index is 12.6. The van der Waals surface area contributed by atoms with Crippen molar-refractivity contribution in [2.24, 2.45) is 0 Å². The van der Waals surface area contributed by atoms with Crippen molar-refractivity contribution in [1.82, 2.24) is 14.5 Å². The minimum Gasteiger partial charge on any atom is -0.295 e. The van der Waals surface area contributed by atoms with Gasteiger partial charge in [0.15, 0.2) is 16.1 Å². The van der Waals surface area contributed by atoms with Crippen LogP contribution >= 0.6 is 11.3 Å². The maximum absolute atomic E-state index is 12.6. The third-order valence-electron chi connectivity index (χ3n) is 4.15. The van der Waals surface area contributed by atoms with E-state index in [0.29, 0.717) is 15.9 Å². The monoisotopic (exact) mass is 325 g/mol. The molecule has 4 rings (SSSR count). The lowest BCUT2D eigenvalue weighted by Gasteiger charge is -2.16. The Balaban J connectivity index is 1.89. The Morgan fingerprint density at radius 2 is 2.13 bits per heavy atom. The van der Waals surface area contributed by atoms with E-state index >= 15 is 0 Å². The quantitative estimate of drug-likeness (QED) is 0.679. The number of Topliss-reactive ketones (excluding diaryl/α,β-unsaturated/α-hetero) is 1. The Morgan fingerprint density at radius 3 is 2.96 bits per heavy atom. The standard InChI is InChI=1S/C17H15N3O2S/c1-10(21)11-5-4-6-12(9-11)15-19-14-16(23-15)18-13-7-2-3-8-20(13)17(14)22/h4-6,9H,2-3,7-8H2,1H3. The van der Waals surface area contributed by atoms with Gasteiger partial charge in [0.05, 0.1) is 0 Å². The molecule has 0 bridgehead atoms. The third kappa shape index (κ3) is 2.39. The van der Waals surface area contributed by atoms with Crippen molar-refractivity contribution in [3.05, 3.63) is 46.0 Å². The smallest absolute Gasteiger partial charge is 0.280 e. The van der Waals surface area contributed by atoms with E-state index < -0.39 is 0 Å². The van der Waals surface area contributed by atoms with Crippen molar-refractivity contribution < 1.29 is 4.79 Å². The molecular weight excluding hydrogens is 310 g/mol. The molecule has 0 saturated heterocycles. The van der Waals surface area contributed by atoms with Gasteiger partial charge >= 0.3 is 0 Å². The fourth-order valence-electron chi connectivity index (χ4n) is 2.92. The highest BCUT2D eigenvalue weighted by Gasteiger charge is 2.18. The molecule has 0 spiro atoms. The highest BCUT2D eigenvalue weighted by atomic mass is 32.1. The molecule has 0 N–H and O–H groups in total. The average molecular weight is 325 g/mol. The van der Waals surface area contributed by atoms with E-state index in [1.54, 1.807) is 17.6 Å². The van der Waals surface area contributed by atoms with E-state index in [-0.39, 0.29) is 11.3 Å². The van der Waals surface area contributed by atoms with E-state index in [4.69, 9.17) is 0 Å². The highest BCUT2D eigenvalue weighted by Crippen LogP contribution is 2.29. The SMILES string of the molecule is CC(=O)c1cccc(-c2nc3c(=O)n4c(nc3s2)CCCC4)c1. The number of aryl methyl sites for hydroxylation is 1. The Hall–Kier alpha value is -2.34. The number of aromatic nitrogens is 3. The zero-order valence-electron chi connectivity index (χ0n) is 12.7. The van der Waals surface area contributed by atoms with Crippen LogP contribution in [0.3, 0.4) is 0 Å². The summed E-state index contributed by atoms with van der Waals surface area (Å²) >= 11 is 1.41. The van der Waals surface area contributed by atoms with Crippen molar-refractivity contribution in [1.29, 1.82) is 0 Å². The minimum atomic E-state index is -0.0464. The first-order valence-electron chi connectivity index (χ1n) is 7.65. The highest BCUT2D eigenvalue weighted by molar-refractivity contribution is 7.21. The summed E-state index contributed by atoms with van der Waals surface area (Å²) < 4.78 is 1.75. The van der Waals surface area contributed by atoms with Crippen LogP contribution in [0.25, 0.3) is 20.9 Å². The van der Waals surface area contributed by atoms with Crippen molar-refractivity contribution in [3.8, 4) is 10.6 Å². The number of hydrogen-bond acceptors (Lipinski definition) is 5. The van der Waals surface area contributed by atoms with Gasteiger partial charge in [-0.2, -0.15) is 0 Å². The van der Waals surface area contributed by atoms with Gasteiger partial charge in [-0.3, -0.25) is 14.2 Å². The molecule has 0 fully saturated rings. The van der Waals surface area contributed by atoms with E-state index in [9.17, 15) is 9.59 Å². The predicted octanol–water partition coefficient (Wildman–Crippen LogP) is 3.06. The number of fused-ring (bicyclic) bond motifs is 2. The number of nitrogens with zero attached hydrogens (tertiary/aromatic N) is 3. The maximum Gasteiger partial charge on any atom is 0.280 e. The second kappa shape index (κ2) is 5.38. The summed E-state index contributed by atoms with van der Waals surface area (Å²) in [5.41, 5.74) is 1.88. The summed E-state index contributed by atoms with van der Waals surface area (Å²) in [7, 11) is 0. The van der Waals surface area contributed by atoms with Gasteiger partial charge in [-0.15, -0.1) is 0 Å². The molecule has 23 heavy (non-hydrogen) atoms. The van der Waals surface area contributed by atoms with E-state index in [0.717, 1.165) is 42.2 Å². The molecule has 1 aliphatic rings. The fourth-order valence-corrected chi connectivity index (χ4v) is 3.86. The second-order valence-electron chi connectivity index (χ2n) is 5.75. The molecule has 3 heterocycles. The lowest BCUT2D eigenvalue weighted by Crippen LogP contribution is -2.28. The van der Waals surface area contributed by atoms with Crippen molar-refractivity contribution in [2.45, 2.75) is 32.7 Å². The molecule has 1 aromatic carbocycles. The summed E-state index contributed by atoms with van der Waals surface area (Å²) in [4.78, 5) is 34.0. The van der Waals surface area contributed by atoms with E-state index in [1.165, 1.54) is 11.3 Å².